The minimum atomic E-state index is 0.148. The van der Waals surface area contributed by atoms with Crippen LogP contribution in [0.5, 0.6) is 5.75 Å². The summed E-state index contributed by atoms with van der Waals surface area (Å²) in [4.78, 5) is 11.4. The van der Waals surface area contributed by atoms with Gasteiger partial charge in [0.05, 0.1) is 23.3 Å². The molecule has 0 saturated heterocycles. The fraction of sp³-hybridized carbons (Fsp3) is 0.292. The maximum Gasteiger partial charge on any atom is 0.157 e. The molecular weight excluding hydrogens is 362 g/mol. The third-order valence-electron chi connectivity index (χ3n) is 5.49. The van der Waals surface area contributed by atoms with Gasteiger partial charge in [0.2, 0.25) is 0 Å². The number of hydrogen-bond acceptors (Lipinski definition) is 4. The van der Waals surface area contributed by atoms with Crippen molar-refractivity contribution in [1.29, 1.82) is 5.26 Å². The van der Waals surface area contributed by atoms with Gasteiger partial charge in [-0.3, -0.25) is 4.79 Å². The van der Waals surface area contributed by atoms with Crippen LogP contribution < -0.4 is 0 Å². The molecule has 0 amide bonds. The number of carbonyl (C=O) groups is 1. The number of aromatic hydroxyl groups is 1. The van der Waals surface area contributed by atoms with E-state index < -0.39 is 0 Å². The lowest BCUT2D eigenvalue weighted by atomic mass is 9.91. The molecule has 5 heteroatoms. The summed E-state index contributed by atoms with van der Waals surface area (Å²) in [6.07, 6.45) is 10.7. The van der Waals surface area contributed by atoms with Crippen LogP contribution in [0.25, 0.3) is 16.6 Å². The minimum Gasteiger partial charge on any atom is -0.508 e. The Morgan fingerprint density at radius 3 is 2.59 bits per heavy atom. The molecule has 0 atom stereocenters. The van der Waals surface area contributed by atoms with Gasteiger partial charge in [-0.25, -0.2) is 4.68 Å². The van der Waals surface area contributed by atoms with Crippen molar-refractivity contribution < 1.29 is 9.90 Å². The largest absolute Gasteiger partial charge is 0.508 e. The van der Waals surface area contributed by atoms with Crippen molar-refractivity contribution in [3.8, 4) is 11.8 Å². The van der Waals surface area contributed by atoms with E-state index >= 15 is 0 Å². The number of fused-ring (bicyclic) bond motifs is 2. The monoisotopic (exact) mass is 385 g/mol. The molecular formula is C24H23N3O2. The first-order valence-corrected chi connectivity index (χ1v) is 10.1. The van der Waals surface area contributed by atoms with Crippen molar-refractivity contribution in [3.63, 3.8) is 0 Å². The van der Waals surface area contributed by atoms with Crippen molar-refractivity contribution in [3.05, 3.63) is 65.4 Å². The molecule has 1 N–H and O–H groups in total. The second-order valence-corrected chi connectivity index (χ2v) is 7.56. The summed E-state index contributed by atoms with van der Waals surface area (Å²) in [5, 5.41) is 23.4. The lowest BCUT2D eigenvalue weighted by Gasteiger charge is -2.14. The Hall–Kier alpha value is -3.39. The molecule has 0 unspecified atom stereocenters. The van der Waals surface area contributed by atoms with Crippen LogP contribution in [0.1, 0.15) is 48.8 Å². The molecule has 0 fully saturated rings. The van der Waals surface area contributed by atoms with Gasteiger partial charge >= 0.3 is 0 Å². The van der Waals surface area contributed by atoms with Gasteiger partial charge in [0.15, 0.2) is 5.78 Å². The van der Waals surface area contributed by atoms with Crippen LogP contribution in [0, 0.1) is 11.3 Å². The molecule has 146 valence electrons. The highest BCUT2D eigenvalue weighted by Gasteiger charge is 2.14. The quantitative estimate of drug-likeness (QED) is 0.654. The summed E-state index contributed by atoms with van der Waals surface area (Å²) in [7, 11) is 0. The number of aromatic nitrogens is 2. The summed E-state index contributed by atoms with van der Waals surface area (Å²) in [5.74, 6) is 0.358. The van der Waals surface area contributed by atoms with E-state index in [1.807, 2.05) is 18.2 Å². The summed E-state index contributed by atoms with van der Waals surface area (Å²) < 4.78 is 1.74. The Labute approximate surface area is 169 Å². The van der Waals surface area contributed by atoms with Crippen LogP contribution in [-0.4, -0.2) is 20.7 Å². The minimum absolute atomic E-state index is 0.148. The lowest BCUT2D eigenvalue weighted by Crippen LogP contribution is -2.08. The standard InChI is InChI=1S/C13H12N2O2.C11H11N/c16-11-3-1-2-10(6-11)15-13-7-12(17)5-4-9(13)8-14-15;12-8-9-5-6-10-3-1-2-4-11(10)7-9/h4-8,17H,1-3H2;5-7H,1-4H2. The smallest absolute Gasteiger partial charge is 0.157 e. The molecule has 5 rings (SSSR count). The molecule has 1 heterocycles. The Morgan fingerprint density at radius 1 is 0.966 bits per heavy atom. The molecule has 2 aliphatic rings. The van der Waals surface area contributed by atoms with Crippen LogP contribution in [-0.2, 0) is 17.6 Å². The van der Waals surface area contributed by atoms with Gasteiger partial charge < -0.3 is 5.11 Å². The lowest BCUT2D eigenvalue weighted by molar-refractivity contribution is -0.114. The van der Waals surface area contributed by atoms with E-state index in [-0.39, 0.29) is 11.5 Å². The van der Waals surface area contributed by atoms with Crippen LogP contribution in [0.15, 0.2) is 48.7 Å². The van der Waals surface area contributed by atoms with Crippen molar-refractivity contribution >= 4 is 22.4 Å². The van der Waals surface area contributed by atoms with E-state index in [4.69, 9.17) is 5.26 Å². The zero-order valence-corrected chi connectivity index (χ0v) is 16.3. The molecule has 5 nitrogen and oxygen atoms in total. The number of benzene rings is 2. The van der Waals surface area contributed by atoms with E-state index in [1.54, 1.807) is 29.1 Å². The van der Waals surface area contributed by atoms with Gasteiger partial charge in [-0.1, -0.05) is 6.07 Å². The van der Waals surface area contributed by atoms with Gasteiger partial charge in [-0.15, -0.1) is 0 Å². The summed E-state index contributed by atoms with van der Waals surface area (Å²) in [6.45, 7) is 0. The average Bonchev–Trinajstić information content (AvgIpc) is 3.17. The van der Waals surface area contributed by atoms with E-state index in [2.05, 4.69) is 17.2 Å². The maximum absolute atomic E-state index is 11.4. The Morgan fingerprint density at radius 2 is 1.79 bits per heavy atom. The van der Waals surface area contributed by atoms with Crippen molar-refractivity contribution in [2.45, 2.75) is 44.9 Å². The molecule has 29 heavy (non-hydrogen) atoms. The molecule has 0 bridgehead atoms. The average molecular weight is 385 g/mol. The second kappa shape index (κ2) is 8.32. The van der Waals surface area contributed by atoms with Gasteiger partial charge in [0.25, 0.3) is 0 Å². The zero-order valence-electron chi connectivity index (χ0n) is 16.3. The number of carbonyl (C=O) groups excluding carboxylic acids is 1. The summed E-state index contributed by atoms with van der Waals surface area (Å²) >= 11 is 0. The van der Waals surface area contributed by atoms with Gasteiger partial charge in [-0.2, -0.15) is 10.4 Å². The Balaban J connectivity index is 0.000000150. The van der Waals surface area contributed by atoms with E-state index in [9.17, 15) is 9.90 Å². The summed E-state index contributed by atoms with van der Waals surface area (Å²) in [5.41, 5.74) is 5.38. The fourth-order valence-corrected chi connectivity index (χ4v) is 3.98. The number of phenolic OH excluding ortho intramolecular Hbond substituents is 1. The highest BCUT2D eigenvalue weighted by atomic mass is 16.3. The maximum atomic E-state index is 11.4. The topological polar surface area (TPSA) is 78.9 Å². The summed E-state index contributed by atoms with van der Waals surface area (Å²) in [6, 6.07) is 13.4. The second-order valence-electron chi connectivity index (χ2n) is 7.56. The molecule has 2 aromatic carbocycles. The molecule has 0 radical (unpaired) electrons. The first-order valence-electron chi connectivity index (χ1n) is 10.1. The fourth-order valence-electron chi connectivity index (χ4n) is 3.98. The Bertz CT molecular complexity index is 1130. The SMILES string of the molecule is N#Cc1ccc2c(c1)CCCC2.O=C1C=C(n2ncc3ccc(O)cc32)CCC1. The number of ketones is 1. The van der Waals surface area contributed by atoms with Crippen molar-refractivity contribution in [2.24, 2.45) is 0 Å². The first-order chi connectivity index (χ1) is 14.1. The number of hydrogen-bond donors (Lipinski definition) is 1. The number of allylic oxidation sites excluding steroid dienone is 2. The van der Waals surface area contributed by atoms with Crippen molar-refractivity contribution in [1.82, 2.24) is 9.78 Å². The predicted octanol–water partition coefficient (Wildman–Crippen LogP) is 4.77. The molecule has 0 saturated carbocycles. The van der Waals surface area contributed by atoms with E-state index in [1.165, 1.54) is 30.4 Å². The van der Waals surface area contributed by atoms with Gasteiger partial charge in [-0.05, 0) is 73.9 Å². The zero-order chi connectivity index (χ0) is 20.2. The Kier molecular flexibility index (Phi) is 5.44. The molecule has 2 aliphatic carbocycles. The predicted molar refractivity (Wildman–Crippen MR) is 112 cm³/mol. The van der Waals surface area contributed by atoms with Crippen LogP contribution in [0.3, 0.4) is 0 Å². The van der Waals surface area contributed by atoms with E-state index in [0.717, 1.165) is 41.4 Å². The normalized spacial score (nSPS) is 15.7. The number of nitriles is 1. The van der Waals surface area contributed by atoms with Crippen LogP contribution >= 0.6 is 0 Å². The molecule has 0 aliphatic heterocycles. The van der Waals surface area contributed by atoms with E-state index in [0.29, 0.717) is 6.42 Å². The van der Waals surface area contributed by atoms with Crippen LogP contribution in [0.4, 0.5) is 0 Å². The van der Waals surface area contributed by atoms with Crippen molar-refractivity contribution in [2.75, 3.05) is 0 Å². The third-order valence-corrected chi connectivity index (χ3v) is 5.49. The molecule has 3 aromatic rings. The van der Waals surface area contributed by atoms with Crippen LogP contribution in [0.2, 0.25) is 0 Å². The number of nitrogens with zero attached hydrogens (tertiary/aromatic N) is 3. The first kappa shape index (κ1) is 18.9. The number of phenols is 1. The van der Waals surface area contributed by atoms with Gasteiger partial charge in [0, 0.05) is 29.6 Å². The number of rotatable bonds is 1. The highest BCUT2D eigenvalue weighted by Crippen LogP contribution is 2.26. The third kappa shape index (κ3) is 4.22. The van der Waals surface area contributed by atoms with Gasteiger partial charge in [0.1, 0.15) is 5.75 Å². The molecule has 0 spiro atoms. The number of aryl methyl sites for hydroxylation is 2. The molecule has 1 aromatic heterocycles. The highest BCUT2D eigenvalue weighted by molar-refractivity contribution is 5.96.